The van der Waals surface area contributed by atoms with Crippen LogP contribution in [0.4, 0.5) is 11.6 Å². The molecule has 20 heavy (non-hydrogen) atoms. The zero-order chi connectivity index (χ0) is 14.7. The van der Waals surface area contributed by atoms with Gasteiger partial charge in [-0.3, -0.25) is 5.73 Å². The predicted octanol–water partition coefficient (Wildman–Crippen LogP) is 0.882. The van der Waals surface area contributed by atoms with Gasteiger partial charge in [-0.15, -0.1) is 0 Å². The summed E-state index contributed by atoms with van der Waals surface area (Å²) in [7, 11) is 0. The van der Waals surface area contributed by atoms with E-state index >= 15 is 0 Å². The fourth-order valence-corrected chi connectivity index (χ4v) is 1.98. The third kappa shape index (κ3) is 2.23. The molecule has 0 aromatic carbocycles. The van der Waals surface area contributed by atoms with Gasteiger partial charge in [-0.25, -0.2) is 4.98 Å². The van der Waals surface area contributed by atoms with Gasteiger partial charge in [0.25, 0.3) is 5.82 Å². The highest BCUT2D eigenvalue weighted by Crippen LogP contribution is 2.32. The minimum Gasteiger partial charge on any atom is -0.478 e. The quantitative estimate of drug-likeness (QED) is 0.853. The van der Waals surface area contributed by atoms with E-state index in [4.69, 9.17) is 20.9 Å². The number of nitrogens with two attached hydrogens (primary N) is 2. The Hall–Kier alpha value is -2.75. The van der Waals surface area contributed by atoms with Gasteiger partial charge in [0.2, 0.25) is 5.88 Å². The van der Waals surface area contributed by atoms with Crippen molar-refractivity contribution in [3.63, 3.8) is 0 Å². The van der Waals surface area contributed by atoms with E-state index in [-0.39, 0.29) is 5.82 Å². The van der Waals surface area contributed by atoms with Crippen molar-refractivity contribution in [1.29, 1.82) is 5.26 Å². The van der Waals surface area contributed by atoms with Crippen LogP contribution in [0.15, 0.2) is 6.07 Å². The molecule has 2 rings (SSSR count). The second-order valence-electron chi connectivity index (χ2n) is 3.99. The molecule has 0 aliphatic rings. The van der Waals surface area contributed by atoms with Gasteiger partial charge in [0.05, 0.1) is 13.2 Å². The van der Waals surface area contributed by atoms with E-state index in [2.05, 4.69) is 16.0 Å². The van der Waals surface area contributed by atoms with E-state index in [0.29, 0.717) is 47.1 Å². The monoisotopic (exact) mass is 274 g/mol. The fraction of sp³-hybridized carbons (Fsp3) is 0.308. The second kappa shape index (κ2) is 5.48. The van der Waals surface area contributed by atoms with Gasteiger partial charge in [-0.2, -0.15) is 10.2 Å². The third-order valence-electron chi connectivity index (χ3n) is 2.73. The van der Waals surface area contributed by atoms with Crippen LogP contribution in [-0.4, -0.2) is 18.2 Å². The van der Waals surface area contributed by atoms with Crippen molar-refractivity contribution in [2.45, 2.75) is 13.8 Å². The Labute approximate surface area is 116 Å². The van der Waals surface area contributed by atoms with Gasteiger partial charge in [-0.1, -0.05) is 0 Å². The number of aromatic amines is 1. The lowest BCUT2D eigenvalue weighted by Gasteiger charge is -2.09. The Morgan fingerprint density at radius 2 is 2.00 bits per heavy atom. The number of rotatable bonds is 4. The molecule has 5 N–H and O–H groups in total. The number of anilines is 2. The average molecular weight is 274 g/mol. The molecule has 0 atom stereocenters. The predicted molar refractivity (Wildman–Crippen MR) is 74.2 cm³/mol. The molecule has 2 heterocycles. The summed E-state index contributed by atoms with van der Waals surface area (Å²) >= 11 is 0. The minimum absolute atomic E-state index is 0.208. The van der Waals surface area contributed by atoms with Crippen LogP contribution in [0.5, 0.6) is 11.8 Å². The van der Waals surface area contributed by atoms with Crippen LogP contribution in [0.2, 0.25) is 0 Å². The van der Waals surface area contributed by atoms with Crippen molar-refractivity contribution in [3.05, 3.63) is 11.6 Å². The molecular formula is C13H16N5O2+. The number of nitrogens with zero attached hydrogens (tertiary/aromatic N) is 2. The molecule has 0 aliphatic carbocycles. The molecule has 7 heteroatoms. The van der Waals surface area contributed by atoms with Crippen LogP contribution in [0.1, 0.15) is 19.4 Å². The number of pyridine rings is 2. The Balaban J connectivity index is 2.81. The Bertz CT molecular complexity index is 685. The molecule has 0 saturated heterocycles. The molecule has 2 aromatic rings. The van der Waals surface area contributed by atoms with Gasteiger partial charge >= 0.3 is 5.88 Å². The maximum absolute atomic E-state index is 9.35. The summed E-state index contributed by atoms with van der Waals surface area (Å²) in [6.45, 7) is 4.52. The van der Waals surface area contributed by atoms with Crippen molar-refractivity contribution < 1.29 is 14.5 Å². The van der Waals surface area contributed by atoms with Crippen LogP contribution in [0, 0.1) is 11.3 Å². The molecule has 0 fully saturated rings. The maximum atomic E-state index is 9.35. The van der Waals surface area contributed by atoms with Crippen LogP contribution in [0.25, 0.3) is 10.8 Å². The summed E-state index contributed by atoms with van der Waals surface area (Å²) < 4.78 is 10.7. The summed E-state index contributed by atoms with van der Waals surface area (Å²) in [6, 6.07) is 3.74. The van der Waals surface area contributed by atoms with Gasteiger partial charge in [0.1, 0.15) is 22.8 Å². The van der Waals surface area contributed by atoms with Gasteiger partial charge in [0.15, 0.2) is 0 Å². The Morgan fingerprint density at radius 3 is 2.60 bits per heavy atom. The Kier molecular flexibility index (Phi) is 3.75. The second-order valence-corrected chi connectivity index (χ2v) is 3.99. The van der Waals surface area contributed by atoms with E-state index in [1.165, 1.54) is 0 Å². The van der Waals surface area contributed by atoms with Crippen molar-refractivity contribution in [2.75, 3.05) is 24.7 Å². The van der Waals surface area contributed by atoms with Crippen molar-refractivity contribution in [3.8, 4) is 17.8 Å². The molecule has 0 aliphatic heterocycles. The third-order valence-corrected chi connectivity index (χ3v) is 2.73. The SMILES string of the molecule is CCOc1cc2c(C#N)c(OCC)[nH+]c(N)c2c(N)n1. The number of hydrogen-bond acceptors (Lipinski definition) is 6. The number of nitriles is 1. The van der Waals surface area contributed by atoms with Crippen LogP contribution in [0.3, 0.4) is 0 Å². The molecule has 0 radical (unpaired) electrons. The highest BCUT2D eigenvalue weighted by molar-refractivity contribution is 6.01. The molecule has 7 nitrogen and oxygen atoms in total. The molecule has 2 aromatic heterocycles. The highest BCUT2D eigenvalue weighted by atomic mass is 16.5. The smallest absolute Gasteiger partial charge is 0.301 e. The summed E-state index contributed by atoms with van der Waals surface area (Å²) in [5.41, 5.74) is 12.1. The summed E-state index contributed by atoms with van der Waals surface area (Å²) in [5, 5.41) is 10.4. The summed E-state index contributed by atoms with van der Waals surface area (Å²) in [5.74, 6) is 1.17. The van der Waals surface area contributed by atoms with Crippen LogP contribution >= 0.6 is 0 Å². The summed E-state index contributed by atoms with van der Waals surface area (Å²) in [6.07, 6.45) is 0. The molecule has 104 valence electrons. The molecule has 0 saturated carbocycles. The lowest BCUT2D eigenvalue weighted by Crippen LogP contribution is -2.18. The normalized spacial score (nSPS) is 10.2. The van der Waals surface area contributed by atoms with Crippen LogP contribution < -0.4 is 25.9 Å². The van der Waals surface area contributed by atoms with E-state index < -0.39 is 0 Å². The number of nitrogen functional groups attached to an aromatic ring is 2. The van der Waals surface area contributed by atoms with Gasteiger partial charge in [-0.05, 0) is 13.8 Å². The number of fused-ring (bicyclic) bond motifs is 1. The number of ether oxygens (including phenoxy) is 2. The summed E-state index contributed by atoms with van der Waals surface area (Å²) in [4.78, 5) is 6.94. The Morgan fingerprint density at radius 1 is 1.30 bits per heavy atom. The number of nitrogens with one attached hydrogen (secondary N) is 1. The fourth-order valence-electron chi connectivity index (χ4n) is 1.98. The largest absolute Gasteiger partial charge is 0.478 e. The van der Waals surface area contributed by atoms with Crippen molar-refractivity contribution >= 4 is 22.4 Å². The molecule has 0 bridgehead atoms. The molecule has 0 amide bonds. The highest BCUT2D eigenvalue weighted by Gasteiger charge is 2.21. The van der Waals surface area contributed by atoms with Crippen molar-refractivity contribution in [1.82, 2.24) is 4.98 Å². The van der Waals surface area contributed by atoms with Crippen molar-refractivity contribution in [2.24, 2.45) is 0 Å². The lowest BCUT2D eigenvalue weighted by atomic mass is 10.1. The zero-order valence-electron chi connectivity index (χ0n) is 11.4. The van der Waals surface area contributed by atoms with E-state index in [9.17, 15) is 5.26 Å². The lowest BCUT2D eigenvalue weighted by molar-refractivity contribution is -0.376. The average Bonchev–Trinajstić information content (AvgIpc) is 2.39. The number of aromatic nitrogens is 2. The van der Waals surface area contributed by atoms with Crippen LogP contribution in [-0.2, 0) is 0 Å². The van der Waals surface area contributed by atoms with E-state index in [1.54, 1.807) is 6.07 Å². The minimum atomic E-state index is 0.208. The van der Waals surface area contributed by atoms with Gasteiger partial charge in [0, 0.05) is 11.5 Å². The number of hydrogen-bond donors (Lipinski definition) is 2. The first-order chi connectivity index (χ1) is 9.62. The van der Waals surface area contributed by atoms with E-state index in [1.807, 2.05) is 13.8 Å². The molecular weight excluding hydrogens is 258 g/mol. The first kappa shape index (κ1) is 13.7. The molecule has 0 unspecified atom stereocenters. The number of H-pyrrole nitrogens is 1. The topological polar surface area (TPSA) is 121 Å². The first-order valence-corrected chi connectivity index (χ1v) is 6.23. The van der Waals surface area contributed by atoms with E-state index in [0.717, 1.165) is 0 Å². The molecule has 0 spiro atoms. The maximum Gasteiger partial charge on any atom is 0.301 e. The standard InChI is InChI=1S/C13H15N5O2/c1-3-19-9-5-7-8(6-14)13(20-4-2)18-12(16)10(7)11(15)17-9/h5H,3-4H2,1-2H3,(H2,15,17)(H2,16,18)/p+1. The van der Waals surface area contributed by atoms with Gasteiger partial charge < -0.3 is 15.2 Å². The first-order valence-electron chi connectivity index (χ1n) is 6.23. The zero-order valence-corrected chi connectivity index (χ0v) is 11.4.